The summed E-state index contributed by atoms with van der Waals surface area (Å²) < 4.78 is 27.1. The molecule has 0 amide bonds. The monoisotopic (exact) mass is 470 g/mol. The van der Waals surface area contributed by atoms with E-state index in [0.717, 1.165) is 12.2 Å². The lowest BCUT2D eigenvalue weighted by molar-refractivity contribution is -0.160. The van der Waals surface area contributed by atoms with Crippen molar-refractivity contribution in [1.29, 1.82) is 0 Å². The number of hydrogen-bond acceptors (Lipinski definition) is 9. The molecule has 0 aliphatic heterocycles. The summed E-state index contributed by atoms with van der Waals surface area (Å²) in [7, 11) is 0. The van der Waals surface area contributed by atoms with Gasteiger partial charge in [0.1, 0.15) is 26.4 Å². The van der Waals surface area contributed by atoms with Gasteiger partial charge in [0, 0.05) is 25.0 Å². The minimum atomic E-state index is -0.791. The highest BCUT2D eigenvalue weighted by Gasteiger charge is 2.36. The molecule has 0 aliphatic carbocycles. The van der Waals surface area contributed by atoms with E-state index in [1.54, 1.807) is 13.8 Å². The Hall–Kier alpha value is -2.68. The zero-order valence-corrected chi connectivity index (χ0v) is 20.3. The van der Waals surface area contributed by atoms with E-state index in [1.165, 1.54) is 0 Å². The second-order valence-electron chi connectivity index (χ2n) is 7.85. The molecule has 0 fully saturated rings. The molecule has 0 aromatic rings. The highest BCUT2D eigenvalue weighted by Crippen LogP contribution is 2.29. The van der Waals surface area contributed by atoms with Gasteiger partial charge < -0.3 is 23.7 Å². The minimum absolute atomic E-state index is 0.00398. The van der Waals surface area contributed by atoms with E-state index in [-0.39, 0.29) is 64.4 Å². The minimum Gasteiger partial charge on any atom is -0.465 e. The molecule has 0 spiro atoms. The van der Waals surface area contributed by atoms with Crippen molar-refractivity contribution < 1.29 is 42.9 Å². The van der Waals surface area contributed by atoms with Gasteiger partial charge in [-0.2, -0.15) is 0 Å². The fraction of sp³-hybridized carbons (Fsp3) is 0.667. The molecular formula is C24H38O9. The highest BCUT2D eigenvalue weighted by atomic mass is 16.6. The Kier molecular flexibility index (Phi) is 14.7. The molecule has 0 rings (SSSR count). The molecule has 0 aromatic carbocycles. The maximum atomic E-state index is 11.7. The smallest absolute Gasteiger partial charge is 0.330 e. The number of carbonyl (C=O) groups excluding carboxylic acids is 4. The molecule has 2 unspecified atom stereocenters. The first kappa shape index (κ1) is 30.3. The van der Waals surface area contributed by atoms with Crippen LogP contribution in [0.1, 0.15) is 53.4 Å². The number of rotatable bonds is 18. The molecule has 0 N–H and O–H groups in total. The maximum absolute atomic E-state index is 11.7. The summed E-state index contributed by atoms with van der Waals surface area (Å²) in [5.41, 5.74) is -1.58. The molecule has 0 bridgehead atoms. The van der Waals surface area contributed by atoms with E-state index < -0.39 is 22.8 Å². The van der Waals surface area contributed by atoms with Crippen LogP contribution in [0.25, 0.3) is 0 Å². The lowest BCUT2D eigenvalue weighted by Gasteiger charge is -2.35. The predicted molar refractivity (Wildman–Crippen MR) is 121 cm³/mol. The van der Waals surface area contributed by atoms with Crippen molar-refractivity contribution in [2.24, 2.45) is 10.8 Å². The number of esters is 4. The van der Waals surface area contributed by atoms with Gasteiger partial charge >= 0.3 is 23.9 Å². The number of ether oxygens (including phenoxy) is 5. The Balaban J connectivity index is 5.47. The normalized spacial score (nSPS) is 14.2. The number of hydrogen-bond donors (Lipinski definition) is 0. The van der Waals surface area contributed by atoms with Crippen LogP contribution in [-0.2, 0) is 42.9 Å². The average molecular weight is 471 g/mol. The zero-order valence-electron chi connectivity index (χ0n) is 20.3. The quantitative estimate of drug-likeness (QED) is 0.169. The van der Waals surface area contributed by atoms with E-state index in [4.69, 9.17) is 23.7 Å². The molecule has 9 nitrogen and oxygen atoms in total. The van der Waals surface area contributed by atoms with Gasteiger partial charge in [-0.05, 0) is 12.8 Å². The molecule has 0 saturated heterocycles. The van der Waals surface area contributed by atoms with Crippen LogP contribution in [-0.4, -0.2) is 63.5 Å². The van der Waals surface area contributed by atoms with Crippen molar-refractivity contribution in [3.63, 3.8) is 0 Å². The van der Waals surface area contributed by atoms with Crippen molar-refractivity contribution in [3.8, 4) is 0 Å². The zero-order chi connectivity index (χ0) is 25.3. The van der Waals surface area contributed by atoms with E-state index in [0.29, 0.717) is 12.8 Å². The van der Waals surface area contributed by atoms with Crippen LogP contribution in [0.2, 0.25) is 0 Å². The van der Waals surface area contributed by atoms with Crippen molar-refractivity contribution in [3.05, 3.63) is 25.3 Å². The summed E-state index contributed by atoms with van der Waals surface area (Å²) in [6, 6.07) is 0. The molecule has 188 valence electrons. The van der Waals surface area contributed by atoms with Crippen molar-refractivity contribution in [2.45, 2.75) is 53.4 Å². The van der Waals surface area contributed by atoms with Gasteiger partial charge in [0.2, 0.25) is 0 Å². The molecule has 33 heavy (non-hydrogen) atoms. The summed E-state index contributed by atoms with van der Waals surface area (Å²) in [5.74, 6) is -1.96. The van der Waals surface area contributed by atoms with E-state index in [1.807, 2.05) is 13.8 Å². The van der Waals surface area contributed by atoms with Crippen LogP contribution in [0, 0.1) is 10.8 Å². The van der Waals surface area contributed by atoms with E-state index in [2.05, 4.69) is 13.2 Å². The molecule has 0 radical (unpaired) electrons. The third kappa shape index (κ3) is 11.7. The first-order valence-corrected chi connectivity index (χ1v) is 11.1. The Labute approximate surface area is 196 Å². The van der Waals surface area contributed by atoms with Crippen LogP contribution < -0.4 is 0 Å². The van der Waals surface area contributed by atoms with Crippen LogP contribution >= 0.6 is 0 Å². The molecule has 0 saturated carbocycles. The molecule has 0 heterocycles. The SMILES string of the molecule is C=CC(=O)OCC(CC)(COCC(CC)(COC(=O)C=C)COC(=O)CC)COC(=O)CC. The van der Waals surface area contributed by atoms with Gasteiger partial charge in [-0.3, -0.25) is 9.59 Å². The van der Waals surface area contributed by atoms with Gasteiger partial charge in [-0.15, -0.1) is 0 Å². The topological polar surface area (TPSA) is 114 Å². The summed E-state index contributed by atoms with van der Waals surface area (Å²) in [6.07, 6.45) is 3.51. The molecule has 9 heteroatoms. The summed E-state index contributed by atoms with van der Waals surface area (Å²) >= 11 is 0. The lowest BCUT2D eigenvalue weighted by Crippen LogP contribution is -2.42. The van der Waals surface area contributed by atoms with Gasteiger partial charge in [0.15, 0.2) is 0 Å². The third-order valence-corrected chi connectivity index (χ3v) is 5.35. The number of carbonyl (C=O) groups is 4. The van der Waals surface area contributed by atoms with Gasteiger partial charge in [-0.25, -0.2) is 9.59 Å². The fourth-order valence-corrected chi connectivity index (χ4v) is 2.58. The van der Waals surface area contributed by atoms with E-state index in [9.17, 15) is 19.2 Å². The van der Waals surface area contributed by atoms with Crippen LogP contribution in [0.3, 0.4) is 0 Å². The average Bonchev–Trinajstić information content (AvgIpc) is 2.85. The van der Waals surface area contributed by atoms with E-state index >= 15 is 0 Å². The standard InChI is InChI=1S/C24H38O9/c1-7-19(25)30-15-23(11-5,16-31-20(26)8-2)13-29-14-24(12-6,17-32-21(27)9-3)18-33-22(28)10-4/h7,9H,1,3,8,10-18H2,2,4-6H3. The Morgan fingerprint density at radius 1 is 0.606 bits per heavy atom. The maximum Gasteiger partial charge on any atom is 0.330 e. The summed E-state index contributed by atoms with van der Waals surface area (Å²) in [6.45, 7) is 14.0. The van der Waals surface area contributed by atoms with Gasteiger partial charge in [-0.1, -0.05) is 40.9 Å². The summed E-state index contributed by atoms with van der Waals surface area (Å²) in [4.78, 5) is 46.6. The van der Waals surface area contributed by atoms with Crippen LogP contribution in [0.4, 0.5) is 0 Å². The Morgan fingerprint density at radius 3 is 1.21 bits per heavy atom. The molecular weight excluding hydrogens is 432 g/mol. The summed E-state index contributed by atoms with van der Waals surface area (Å²) in [5, 5.41) is 0. The van der Waals surface area contributed by atoms with Crippen molar-refractivity contribution in [1.82, 2.24) is 0 Å². The molecule has 0 aliphatic rings. The predicted octanol–water partition coefficient (Wildman–Crippen LogP) is 3.16. The van der Waals surface area contributed by atoms with Crippen molar-refractivity contribution >= 4 is 23.9 Å². The Morgan fingerprint density at radius 2 is 0.939 bits per heavy atom. The second-order valence-corrected chi connectivity index (χ2v) is 7.85. The second kappa shape index (κ2) is 16.0. The largest absolute Gasteiger partial charge is 0.465 e. The molecule has 0 aromatic heterocycles. The lowest BCUT2D eigenvalue weighted by atomic mass is 9.86. The van der Waals surface area contributed by atoms with Crippen LogP contribution in [0.15, 0.2) is 25.3 Å². The fourth-order valence-electron chi connectivity index (χ4n) is 2.58. The highest BCUT2D eigenvalue weighted by molar-refractivity contribution is 5.81. The van der Waals surface area contributed by atoms with Gasteiger partial charge in [0.25, 0.3) is 0 Å². The molecule has 2 atom stereocenters. The van der Waals surface area contributed by atoms with Gasteiger partial charge in [0.05, 0.1) is 24.0 Å². The van der Waals surface area contributed by atoms with Crippen molar-refractivity contribution in [2.75, 3.05) is 39.6 Å². The first-order chi connectivity index (χ1) is 15.6. The Bertz CT molecular complexity index is 617. The van der Waals surface area contributed by atoms with Crippen LogP contribution in [0.5, 0.6) is 0 Å². The third-order valence-electron chi connectivity index (χ3n) is 5.35. The first-order valence-electron chi connectivity index (χ1n) is 11.1.